The molecular weight excluding hydrogens is 538 g/mol. The maximum Gasteiger partial charge on any atom is 0.321 e. The van der Waals surface area contributed by atoms with Crippen molar-refractivity contribution >= 4 is 41.2 Å². The summed E-state index contributed by atoms with van der Waals surface area (Å²) >= 11 is 1.25. The van der Waals surface area contributed by atoms with Crippen molar-refractivity contribution in [1.29, 1.82) is 0 Å². The smallest absolute Gasteiger partial charge is 0.321 e. The molecule has 0 aliphatic heterocycles. The molecule has 0 aliphatic rings. The molecule has 0 aromatic heterocycles. The monoisotopic (exact) mass is 573 g/mol. The molecule has 1 unspecified atom stereocenters. The van der Waals surface area contributed by atoms with Gasteiger partial charge >= 0.3 is 5.97 Å². The first-order valence-corrected chi connectivity index (χ1v) is 13.0. The van der Waals surface area contributed by atoms with Crippen molar-refractivity contribution in [2.75, 3.05) is 18.6 Å². The number of aliphatic hydroxyl groups excluding tert-OH is 4. The van der Waals surface area contributed by atoms with Gasteiger partial charge < -0.3 is 53.4 Å². The normalized spacial score (nSPS) is 17.4. The third-order valence-electron chi connectivity index (χ3n) is 5.73. The van der Waals surface area contributed by atoms with Crippen LogP contribution in [0, 0.1) is 0 Å². The molecule has 0 fully saturated rings. The molecule has 218 valence electrons. The van der Waals surface area contributed by atoms with Crippen molar-refractivity contribution in [3.63, 3.8) is 0 Å². The zero-order valence-corrected chi connectivity index (χ0v) is 21.9. The first kappa shape index (κ1) is 33.9. The number of ketones is 1. The van der Waals surface area contributed by atoms with Gasteiger partial charge in [-0.2, -0.15) is 11.8 Å². The summed E-state index contributed by atoms with van der Waals surface area (Å²) < 4.78 is 0. The first-order valence-electron chi connectivity index (χ1n) is 11.6. The van der Waals surface area contributed by atoms with Crippen LogP contribution in [0.15, 0.2) is 30.3 Å². The van der Waals surface area contributed by atoms with E-state index in [-0.39, 0.29) is 11.3 Å². The van der Waals surface area contributed by atoms with Gasteiger partial charge in [-0.3, -0.25) is 24.0 Å². The third-order valence-corrected chi connectivity index (χ3v) is 6.42. The second-order valence-corrected chi connectivity index (χ2v) is 9.58. The number of carbonyl (C=O) groups excluding carboxylic acids is 4. The number of carbonyl (C=O) groups is 5. The maximum absolute atomic E-state index is 13.0. The van der Waals surface area contributed by atoms with Crippen molar-refractivity contribution in [3.05, 3.63) is 35.9 Å². The highest BCUT2D eigenvalue weighted by Crippen LogP contribution is 2.23. The lowest BCUT2D eigenvalue weighted by atomic mass is 9.83. The number of hydrogen-bond donors (Lipinski definition) is 10. The number of aliphatic carboxylic acids is 1. The van der Waals surface area contributed by atoms with Crippen molar-refractivity contribution in [2.45, 2.75) is 54.8 Å². The van der Waals surface area contributed by atoms with E-state index in [0.717, 1.165) is 0 Å². The first-order chi connectivity index (χ1) is 18.3. The van der Waals surface area contributed by atoms with Crippen molar-refractivity contribution in [3.8, 4) is 0 Å². The van der Waals surface area contributed by atoms with Crippen molar-refractivity contribution in [1.82, 2.24) is 10.6 Å². The maximum atomic E-state index is 13.0. The molecule has 0 aliphatic carbocycles. The molecule has 8 atom stereocenters. The Morgan fingerprint density at radius 3 is 2.03 bits per heavy atom. The van der Waals surface area contributed by atoms with E-state index >= 15 is 0 Å². The number of thioether (sulfide) groups is 1. The van der Waals surface area contributed by atoms with E-state index in [2.05, 4.69) is 10.6 Å². The average Bonchev–Trinajstić information content (AvgIpc) is 2.90. The molecule has 0 bridgehead atoms. The predicted octanol–water partition coefficient (Wildman–Crippen LogP) is -4.64. The van der Waals surface area contributed by atoms with Gasteiger partial charge in [0.25, 0.3) is 0 Å². The summed E-state index contributed by atoms with van der Waals surface area (Å²) in [5.41, 5.74) is 16.6. The van der Waals surface area contributed by atoms with E-state index in [1.54, 1.807) is 12.3 Å². The Hall–Kier alpha value is -3.12. The van der Waals surface area contributed by atoms with Crippen LogP contribution in [0.2, 0.25) is 0 Å². The molecule has 1 aromatic rings. The molecular formula is C23H35N5O10S. The molecule has 39 heavy (non-hydrogen) atoms. The van der Waals surface area contributed by atoms with Crippen LogP contribution in [-0.2, 0) is 24.0 Å². The largest absolute Gasteiger partial charge is 0.480 e. The summed E-state index contributed by atoms with van der Waals surface area (Å²) in [6, 6.07) is 1.22. The highest BCUT2D eigenvalue weighted by atomic mass is 32.2. The van der Waals surface area contributed by atoms with E-state index in [4.69, 9.17) is 17.2 Å². The van der Waals surface area contributed by atoms with Crippen molar-refractivity contribution < 1.29 is 49.5 Å². The summed E-state index contributed by atoms with van der Waals surface area (Å²) in [7, 11) is 0. The van der Waals surface area contributed by atoms with Crippen LogP contribution in [0.25, 0.3) is 0 Å². The number of nitrogens with one attached hydrogen (secondary N) is 2. The Kier molecular flexibility index (Phi) is 14.0. The minimum Gasteiger partial charge on any atom is -0.480 e. The topological polar surface area (TPSA) is 289 Å². The zero-order valence-electron chi connectivity index (χ0n) is 21.0. The van der Waals surface area contributed by atoms with E-state index in [0.29, 0.717) is 0 Å². The second kappa shape index (κ2) is 16.1. The number of carboxylic acid groups (broad SMARTS) is 1. The van der Waals surface area contributed by atoms with Gasteiger partial charge in [0.2, 0.25) is 17.7 Å². The Balaban J connectivity index is 3.09. The number of nitrogens with two attached hydrogens (primary N) is 3. The molecule has 15 nitrogen and oxygen atoms in total. The van der Waals surface area contributed by atoms with Gasteiger partial charge in [-0.25, -0.2) is 0 Å². The summed E-state index contributed by atoms with van der Waals surface area (Å²) in [6.07, 6.45) is -5.89. The second-order valence-electron chi connectivity index (χ2n) is 8.67. The molecule has 3 amide bonds. The SMILES string of the molecule is CSC[C@H](N)C(=O)N[C@@H](CC(N)=O)C(=O)N[C@@H](CO)[C@@H](O)[C@@H](O)[C@H](O)C(=O)C(c1ccccc1)[C@H](N)C(=O)O. The molecule has 0 spiro atoms. The summed E-state index contributed by atoms with van der Waals surface area (Å²) in [5.74, 6) is -7.09. The minimum absolute atomic E-state index is 0.120. The molecule has 16 heteroatoms. The average molecular weight is 574 g/mol. The van der Waals surface area contributed by atoms with Crippen LogP contribution in [-0.4, -0.2) is 116 Å². The number of benzene rings is 1. The predicted molar refractivity (Wildman–Crippen MR) is 139 cm³/mol. The fourth-order valence-corrected chi connectivity index (χ4v) is 4.11. The van der Waals surface area contributed by atoms with Crippen LogP contribution < -0.4 is 27.8 Å². The lowest BCUT2D eigenvalue weighted by molar-refractivity contribution is -0.148. The number of Topliss-reactive ketones (excluding diaryl/α,β-unsaturated/α-hetero) is 1. The van der Waals surface area contributed by atoms with E-state index in [1.165, 1.54) is 36.0 Å². The summed E-state index contributed by atoms with van der Waals surface area (Å²) in [4.78, 5) is 60.9. The number of primary amides is 1. The summed E-state index contributed by atoms with van der Waals surface area (Å²) in [6.45, 7) is -1.02. The molecule has 13 N–H and O–H groups in total. The van der Waals surface area contributed by atoms with Crippen molar-refractivity contribution in [2.24, 2.45) is 17.2 Å². The van der Waals surface area contributed by atoms with Gasteiger partial charge in [-0.05, 0) is 11.8 Å². The van der Waals surface area contributed by atoms with Crippen LogP contribution in [0.4, 0.5) is 0 Å². The lowest BCUT2D eigenvalue weighted by Crippen LogP contribution is -2.60. The molecule has 0 heterocycles. The van der Waals surface area contributed by atoms with Gasteiger partial charge in [0.15, 0.2) is 5.78 Å². The Bertz CT molecular complexity index is 1000. The number of carboxylic acids is 1. The number of aliphatic hydroxyl groups is 4. The van der Waals surface area contributed by atoms with E-state index < -0.39 is 90.9 Å². The van der Waals surface area contributed by atoms with Gasteiger partial charge in [0.05, 0.1) is 31.0 Å². The fraction of sp³-hybridized carbons (Fsp3) is 0.522. The molecule has 1 rings (SSSR count). The Morgan fingerprint density at radius 1 is 0.949 bits per heavy atom. The van der Waals surface area contributed by atoms with Gasteiger partial charge in [0.1, 0.15) is 30.4 Å². The van der Waals surface area contributed by atoms with Crippen LogP contribution in [0.3, 0.4) is 0 Å². The Morgan fingerprint density at radius 2 is 1.54 bits per heavy atom. The van der Waals surface area contributed by atoms with Crippen LogP contribution in [0.5, 0.6) is 0 Å². The highest BCUT2D eigenvalue weighted by Gasteiger charge is 2.42. The highest BCUT2D eigenvalue weighted by molar-refractivity contribution is 7.98. The van der Waals surface area contributed by atoms with Crippen LogP contribution in [0.1, 0.15) is 17.9 Å². The quantitative estimate of drug-likeness (QED) is 0.0840. The molecule has 0 radical (unpaired) electrons. The minimum atomic E-state index is -2.40. The number of amides is 3. The van der Waals surface area contributed by atoms with E-state index in [1.807, 2.05) is 0 Å². The Labute approximate surface area is 228 Å². The summed E-state index contributed by atoms with van der Waals surface area (Å²) in [5, 5.41) is 55.0. The third kappa shape index (κ3) is 9.85. The van der Waals surface area contributed by atoms with Gasteiger partial charge in [-0.1, -0.05) is 30.3 Å². The molecule has 0 saturated carbocycles. The fourth-order valence-electron chi connectivity index (χ4n) is 3.60. The zero-order chi connectivity index (χ0) is 29.9. The molecule has 0 saturated heterocycles. The number of hydrogen-bond acceptors (Lipinski definition) is 12. The number of rotatable bonds is 17. The van der Waals surface area contributed by atoms with Gasteiger partial charge in [0, 0.05) is 5.75 Å². The van der Waals surface area contributed by atoms with Gasteiger partial charge in [-0.15, -0.1) is 0 Å². The lowest BCUT2D eigenvalue weighted by Gasteiger charge is -2.31. The standard InChI is InChI=1S/C23H35N5O10S/c1-39-9-11(24)21(35)27-12(7-14(25)30)22(36)28-13(8-29)17(31)19(33)20(34)18(32)15(16(26)23(37)38)10-5-3-2-4-6-10/h2-6,11-13,15-17,19-20,29,31,33-34H,7-9,24,26H2,1H3,(H2,25,30)(H,27,35)(H,28,36)(H,37,38)/t11-,12-,13-,15?,16-,17+,19+,20+/m0/s1. The van der Waals surface area contributed by atoms with Crippen LogP contribution >= 0.6 is 11.8 Å². The van der Waals surface area contributed by atoms with E-state index in [9.17, 15) is 49.5 Å². The molecule has 1 aromatic carbocycles.